The maximum Gasteiger partial charge on any atom is 0.256 e. The predicted molar refractivity (Wildman–Crippen MR) is 96.3 cm³/mol. The SMILES string of the molecule is O=C(Nc1ccccc1)c1cc(O)c(O)c(O)c1-c1ccc(O)c(O)c1O. The quantitative estimate of drug-likeness (QED) is 0.351. The van der Waals surface area contributed by atoms with Crippen molar-refractivity contribution in [1.29, 1.82) is 0 Å². The summed E-state index contributed by atoms with van der Waals surface area (Å²) in [5.41, 5.74) is -0.437. The van der Waals surface area contributed by atoms with E-state index in [1.807, 2.05) is 0 Å². The molecule has 0 spiro atoms. The van der Waals surface area contributed by atoms with Crippen LogP contribution in [0.25, 0.3) is 11.1 Å². The number of nitrogens with one attached hydrogen (secondary N) is 1. The number of hydrogen-bond donors (Lipinski definition) is 7. The predicted octanol–water partition coefficient (Wildman–Crippen LogP) is 2.84. The second-order valence-electron chi connectivity index (χ2n) is 5.67. The number of phenolic OH excluding ortho intramolecular Hbond substituents is 6. The van der Waals surface area contributed by atoms with Crippen LogP contribution in [-0.4, -0.2) is 36.5 Å². The summed E-state index contributed by atoms with van der Waals surface area (Å²) in [6.45, 7) is 0. The van der Waals surface area contributed by atoms with Crippen LogP contribution in [0.3, 0.4) is 0 Å². The van der Waals surface area contributed by atoms with Crippen LogP contribution < -0.4 is 5.32 Å². The van der Waals surface area contributed by atoms with E-state index in [-0.39, 0.29) is 16.7 Å². The standard InChI is InChI=1S/C19H15NO7/c21-12-7-6-10(15(23)16(12)24)14-11(8-13(22)17(25)18(14)26)19(27)20-9-4-2-1-3-5-9/h1-8,21-26H,(H,20,27). The molecule has 7 N–H and O–H groups in total. The molecule has 0 fully saturated rings. The minimum absolute atomic E-state index is 0.240. The van der Waals surface area contributed by atoms with E-state index in [1.54, 1.807) is 30.3 Å². The Balaban J connectivity index is 2.20. The second-order valence-corrected chi connectivity index (χ2v) is 5.67. The first-order valence-corrected chi connectivity index (χ1v) is 7.69. The highest BCUT2D eigenvalue weighted by molar-refractivity contribution is 6.11. The van der Waals surface area contributed by atoms with Crippen molar-refractivity contribution in [2.45, 2.75) is 0 Å². The highest BCUT2D eigenvalue weighted by Gasteiger charge is 2.26. The Labute approximate surface area is 152 Å². The van der Waals surface area contributed by atoms with Gasteiger partial charge in [-0.15, -0.1) is 0 Å². The van der Waals surface area contributed by atoms with Crippen molar-refractivity contribution >= 4 is 11.6 Å². The second kappa shape index (κ2) is 6.68. The lowest BCUT2D eigenvalue weighted by molar-refractivity contribution is 0.102. The Morgan fingerprint density at radius 3 is 2.00 bits per heavy atom. The molecule has 3 rings (SSSR count). The third kappa shape index (κ3) is 3.11. The molecule has 0 unspecified atom stereocenters. The molecular formula is C19H15NO7. The average molecular weight is 369 g/mol. The highest BCUT2D eigenvalue weighted by atomic mass is 16.3. The van der Waals surface area contributed by atoms with Crippen LogP contribution in [0.2, 0.25) is 0 Å². The minimum atomic E-state index is -0.909. The first kappa shape index (κ1) is 17.7. The van der Waals surface area contributed by atoms with E-state index in [9.17, 15) is 35.4 Å². The number of anilines is 1. The Hall–Kier alpha value is -4.07. The fourth-order valence-electron chi connectivity index (χ4n) is 2.59. The molecule has 8 heteroatoms. The van der Waals surface area contributed by atoms with Crippen molar-refractivity contribution in [2.75, 3.05) is 5.32 Å². The number of aromatic hydroxyl groups is 6. The molecule has 0 saturated carbocycles. The van der Waals surface area contributed by atoms with Gasteiger partial charge in [0, 0.05) is 16.8 Å². The molecule has 0 heterocycles. The van der Waals surface area contributed by atoms with Gasteiger partial charge in [-0.1, -0.05) is 18.2 Å². The van der Waals surface area contributed by atoms with Gasteiger partial charge in [-0.3, -0.25) is 4.79 Å². The maximum atomic E-state index is 12.7. The lowest BCUT2D eigenvalue weighted by Crippen LogP contribution is -2.13. The summed E-state index contributed by atoms with van der Waals surface area (Å²) < 4.78 is 0. The molecule has 0 radical (unpaired) electrons. The molecule has 27 heavy (non-hydrogen) atoms. The monoisotopic (exact) mass is 369 g/mol. The number of phenols is 6. The summed E-state index contributed by atoms with van der Waals surface area (Å²) in [5.74, 6) is -5.60. The summed E-state index contributed by atoms with van der Waals surface area (Å²) in [5, 5.41) is 61.8. The summed E-state index contributed by atoms with van der Waals surface area (Å²) in [7, 11) is 0. The van der Waals surface area contributed by atoms with E-state index in [2.05, 4.69) is 5.32 Å². The lowest BCUT2D eigenvalue weighted by atomic mass is 9.95. The Kier molecular flexibility index (Phi) is 4.39. The molecular weight excluding hydrogens is 354 g/mol. The highest BCUT2D eigenvalue weighted by Crippen LogP contribution is 2.50. The largest absolute Gasteiger partial charge is 0.504 e. The van der Waals surface area contributed by atoms with Crippen LogP contribution in [0.5, 0.6) is 34.5 Å². The van der Waals surface area contributed by atoms with Gasteiger partial charge in [0.1, 0.15) is 0 Å². The molecule has 138 valence electrons. The molecule has 0 aliphatic carbocycles. The van der Waals surface area contributed by atoms with E-state index < -0.39 is 40.4 Å². The van der Waals surface area contributed by atoms with Gasteiger partial charge in [0.25, 0.3) is 5.91 Å². The van der Waals surface area contributed by atoms with E-state index in [0.29, 0.717) is 5.69 Å². The molecule has 0 saturated heterocycles. The van der Waals surface area contributed by atoms with Gasteiger partial charge in [0.15, 0.2) is 23.0 Å². The summed E-state index contributed by atoms with van der Waals surface area (Å²) >= 11 is 0. The first-order chi connectivity index (χ1) is 12.8. The van der Waals surface area contributed by atoms with Crippen molar-refractivity contribution in [3.63, 3.8) is 0 Å². The summed E-state index contributed by atoms with van der Waals surface area (Å²) in [6.07, 6.45) is 0. The van der Waals surface area contributed by atoms with Crippen LogP contribution in [0.15, 0.2) is 48.5 Å². The summed E-state index contributed by atoms with van der Waals surface area (Å²) in [4.78, 5) is 12.7. The van der Waals surface area contributed by atoms with Crippen molar-refractivity contribution in [1.82, 2.24) is 0 Å². The zero-order valence-corrected chi connectivity index (χ0v) is 13.7. The Bertz CT molecular complexity index is 1030. The number of amides is 1. The third-order valence-electron chi connectivity index (χ3n) is 3.93. The van der Waals surface area contributed by atoms with E-state index in [4.69, 9.17) is 0 Å². The normalized spacial score (nSPS) is 10.5. The van der Waals surface area contributed by atoms with Crippen molar-refractivity contribution in [2.24, 2.45) is 0 Å². The molecule has 1 amide bonds. The van der Waals surface area contributed by atoms with Gasteiger partial charge in [-0.25, -0.2) is 0 Å². The molecule has 3 aromatic carbocycles. The summed E-state index contributed by atoms with van der Waals surface area (Å²) in [6, 6.07) is 11.4. The number of carbonyl (C=O) groups excluding carboxylic acids is 1. The van der Waals surface area contributed by atoms with E-state index >= 15 is 0 Å². The Morgan fingerprint density at radius 1 is 0.704 bits per heavy atom. The topological polar surface area (TPSA) is 150 Å². The molecule has 3 aromatic rings. The molecule has 0 aliphatic rings. The number of carbonyl (C=O) groups is 1. The van der Waals surface area contributed by atoms with Gasteiger partial charge in [0.2, 0.25) is 11.5 Å². The van der Waals surface area contributed by atoms with Gasteiger partial charge in [-0.05, 0) is 30.3 Å². The zero-order valence-electron chi connectivity index (χ0n) is 13.7. The third-order valence-corrected chi connectivity index (χ3v) is 3.93. The molecule has 8 nitrogen and oxygen atoms in total. The van der Waals surface area contributed by atoms with Gasteiger partial charge < -0.3 is 36.0 Å². The number of benzene rings is 3. The molecule has 0 bridgehead atoms. The fraction of sp³-hybridized carbons (Fsp3) is 0. The van der Waals surface area contributed by atoms with Crippen LogP contribution in [-0.2, 0) is 0 Å². The van der Waals surface area contributed by atoms with Crippen LogP contribution in [0, 0.1) is 0 Å². The van der Waals surface area contributed by atoms with Crippen LogP contribution >= 0.6 is 0 Å². The van der Waals surface area contributed by atoms with Crippen LogP contribution in [0.4, 0.5) is 5.69 Å². The van der Waals surface area contributed by atoms with Crippen molar-refractivity contribution in [3.8, 4) is 45.6 Å². The van der Waals surface area contributed by atoms with Gasteiger partial charge >= 0.3 is 0 Å². The average Bonchev–Trinajstić information content (AvgIpc) is 2.66. The van der Waals surface area contributed by atoms with Crippen molar-refractivity contribution < 1.29 is 35.4 Å². The van der Waals surface area contributed by atoms with Gasteiger partial charge in [0.05, 0.1) is 5.56 Å². The van der Waals surface area contributed by atoms with E-state index in [1.165, 1.54) is 0 Å². The molecule has 0 aromatic heterocycles. The van der Waals surface area contributed by atoms with Crippen LogP contribution in [0.1, 0.15) is 10.4 Å². The Morgan fingerprint density at radius 2 is 1.33 bits per heavy atom. The molecule has 0 atom stereocenters. The number of para-hydroxylation sites is 1. The minimum Gasteiger partial charge on any atom is -0.504 e. The van der Waals surface area contributed by atoms with Gasteiger partial charge in [-0.2, -0.15) is 0 Å². The smallest absolute Gasteiger partial charge is 0.256 e. The first-order valence-electron chi connectivity index (χ1n) is 7.69. The van der Waals surface area contributed by atoms with Crippen molar-refractivity contribution in [3.05, 3.63) is 54.1 Å². The number of rotatable bonds is 3. The van der Waals surface area contributed by atoms with E-state index in [0.717, 1.165) is 18.2 Å². The zero-order chi connectivity index (χ0) is 19.7. The molecule has 0 aliphatic heterocycles. The maximum absolute atomic E-state index is 12.7. The number of hydrogen-bond acceptors (Lipinski definition) is 7. The fourth-order valence-corrected chi connectivity index (χ4v) is 2.59. The lowest BCUT2D eigenvalue weighted by Gasteiger charge is -2.16.